The van der Waals surface area contributed by atoms with E-state index < -0.39 is 0 Å². The van der Waals surface area contributed by atoms with Crippen LogP contribution in [0.5, 0.6) is 0 Å². The van der Waals surface area contributed by atoms with Crippen LogP contribution in [0, 0.1) is 0 Å². The van der Waals surface area contributed by atoms with Crippen LogP contribution >= 0.6 is 11.6 Å². The van der Waals surface area contributed by atoms with Gasteiger partial charge in [-0.25, -0.2) is 15.0 Å². The first-order valence-electron chi connectivity index (χ1n) is 4.29. The first-order chi connectivity index (χ1) is 6.86. The van der Waals surface area contributed by atoms with Gasteiger partial charge in [0, 0.05) is 6.54 Å². The summed E-state index contributed by atoms with van der Waals surface area (Å²) in [6, 6.07) is 0. The minimum Gasteiger partial charge on any atom is -0.372 e. The quantitative estimate of drug-likeness (QED) is 0.609. The summed E-state index contributed by atoms with van der Waals surface area (Å²) in [5.74, 6) is 0.869. The molecular weight excluding hydrogens is 204 g/mol. The number of hydrogen-bond acceptors (Lipinski definition) is 4. The molecule has 1 aliphatic rings. The van der Waals surface area contributed by atoms with E-state index in [-0.39, 0.29) is 0 Å². The average molecular weight is 211 g/mol. The van der Waals surface area contributed by atoms with Crippen LogP contribution in [0.3, 0.4) is 0 Å². The van der Waals surface area contributed by atoms with Crippen LogP contribution in [-0.4, -0.2) is 26.1 Å². The van der Waals surface area contributed by atoms with Crippen LogP contribution in [-0.2, 0) is 17.9 Å². The zero-order valence-electron chi connectivity index (χ0n) is 7.27. The maximum atomic E-state index is 5.91. The zero-order valence-corrected chi connectivity index (χ0v) is 8.03. The van der Waals surface area contributed by atoms with Gasteiger partial charge in [-0.1, -0.05) is 11.6 Å². The van der Waals surface area contributed by atoms with Gasteiger partial charge in [-0.05, 0) is 0 Å². The smallest absolute Gasteiger partial charge is 0.165 e. The summed E-state index contributed by atoms with van der Waals surface area (Å²) in [5.41, 5.74) is 1.46. The van der Waals surface area contributed by atoms with E-state index in [1.165, 1.54) is 6.33 Å². The number of rotatable bonds is 0. The standard InChI is InChI=1S/C8H7ClN4O/c9-7-6-8(11-4-10-7)13-1-2-14-3-5(13)12-6/h4H,1-3H2. The molecule has 1 aliphatic heterocycles. The zero-order chi connectivity index (χ0) is 9.54. The molecule has 0 aliphatic carbocycles. The van der Waals surface area contributed by atoms with Crippen LogP contribution < -0.4 is 0 Å². The monoisotopic (exact) mass is 210 g/mol. The van der Waals surface area contributed by atoms with Crippen molar-refractivity contribution in [2.45, 2.75) is 13.2 Å². The predicted molar refractivity (Wildman–Crippen MR) is 50.0 cm³/mol. The normalized spacial score (nSPS) is 15.8. The van der Waals surface area contributed by atoms with Crippen molar-refractivity contribution in [3.63, 3.8) is 0 Å². The Balaban J connectivity index is 2.36. The van der Waals surface area contributed by atoms with Gasteiger partial charge in [0.25, 0.3) is 0 Å². The Bertz CT molecular complexity index is 495. The largest absolute Gasteiger partial charge is 0.372 e. The van der Waals surface area contributed by atoms with Gasteiger partial charge in [0.1, 0.15) is 24.3 Å². The first-order valence-corrected chi connectivity index (χ1v) is 4.67. The molecule has 6 heteroatoms. The van der Waals surface area contributed by atoms with Crippen LogP contribution in [0.4, 0.5) is 0 Å². The van der Waals surface area contributed by atoms with Crippen molar-refractivity contribution in [2.24, 2.45) is 0 Å². The van der Waals surface area contributed by atoms with Crippen molar-refractivity contribution < 1.29 is 4.74 Å². The lowest BCUT2D eigenvalue weighted by Crippen LogP contribution is -2.16. The van der Waals surface area contributed by atoms with E-state index in [1.807, 2.05) is 4.57 Å². The van der Waals surface area contributed by atoms with E-state index in [0.29, 0.717) is 23.9 Å². The van der Waals surface area contributed by atoms with Crippen molar-refractivity contribution in [1.82, 2.24) is 19.5 Å². The third-order valence-electron chi connectivity index (χ3n) is 2.26. The SMILES string of the molecule is Clc1ncnc2c1nc1n2CCOC1. The minimum atomic E-state index is 0.400. The van der Waals surface area contributed by atoms with Gasteiger partial charge in [0.15, 0.2) is 10.8 Å². The molecule has 0 fully saturated rings. The molecule has 2 aromatic rings. The lowest BCUT2D eigenvalue weighted by molar-refractivity contribution is 0.0828. The number of fused-ring (bicyclic) bond motifs is 3. The second kappa shape index (κ2) is 2.90. The van der Waals surface area contributed by atoms with E-state index in [0.717, 1.165) is 18.0 Å². The number of aromatic nitrogens is 4. The van der Waals surface area contributed by atoms with Gasteiger partial charge < -0.3 is 9.30 Å². The summed E-state index contributed by atoms with van der Waals surface area (Å²) >= 11 is 5.91. The molecular formula is C8H7ClN4O. The Morgan fingerprint density at radius 3 is 3.29 bits per heavy atom. The second-order valence-electron chi connectivity index (χ2n) is 3.07. The van der Waals surface area contributed by atoms with Crippen molar-refractivity contribution in [3.8, 4) is 0 Å². The highest BCUT2D eigenvalue weighted by atomic mass is 35.5. The molecule has 72 valence electrons. The molecule has 0 saturated carbocycles. The molecule has 0 aromatic carbocycles. The Morgan fingerprint density at radius 1 is 1.43 bits per heavy atom. The highest BCUT2D eigenvalue weighted by molar-refractivity contribution is 6.33. The molecule has 14 heavy (non-hydrogen) atoms. The van der Waals surface area contributed by atoms with Gasteiger partial charge in [0.2, 0.25) is 0 Å². The highest BCUT2D eigenvalue weighted by Crippen LogP contribution is 2.21. The van der Waals surface area contributed by atoms with Crippen LogP contribution in [0.15, 0.2) is 6.33 Å². The van der Waals surface area contributed by atoms with E-state index in [9.17, 15) is 0 Å². The molecule has 0 atom stereocenters. The number of hydrogen-bond donors (Lipinski definition) is 0. The Morgan fingerprint density at radius 2 is 2.36 bits per heavy atom. The second-order valence-corrected chi connectivity index (χ2v) is 3.43. The molecule has 3 rings (SSSR count). The fourth-order valence-corrected chi connectivity index (χ4v) is 1.79. The van der Waals surface area contributed by atoms with E-state index >= 15 is 0 Å². The lowest BCUT2D eigenvalue weighted by Gasteiger charge is -2.13. The van der Waals surface area contributed by atoms with Crippen LogP contribution in [0.2, 0.25) is 5.15 Å². The summed E-state index contributed by atoms with van der Waals surface area (Å²) in [7, 11) is 0. The molecule has 3 heterocycles. The van der Waals surface area contributed by atoms with E-state index in [1.54, 1.807) is 0 Å². The van der Waals surface area contributed by atoms with Crippen molar-refractivity contribution in [2.75, 3.05) is 6.61 Å². The Labute approximate surface area is 84.7 Å². The maximum absolute atomic E-state index is 5.91. The van der Waals surface area contributed by atoms with Crippen LogP contribution in [0.25, 0.3) is 11.2 Å². The average Bonchev–Trinajstić information content (AvgIpc) is 2.59. The third-order valence-corrected chi connectivity index (χ3v) is 2.53. The van der Waals surface area contributed by atoms with E-state index in [4.69, 9.17) is 16.3 Å². The molecule has 2 aromatic heterocycles. The number of nitrogens with zero attached hydrogens (tertiary/aromatic N) is 4. The summed E-state index contributed by atoms with van der Waals surface area (Å²) in [5, 5.41) is 0.400. The molecule has 0 bridgehead atoms. The molecule has 0 saturated heterocycles. The molecule has 0 N–H and O–H groups in total. The molecule has 0 unspecified atom stereocenters. The predicted octanol–water partition coefficient (Wildman–Crippen LogP) is 1.01. The van der Waals surface area contributed by atoms with Gasteiger partial charge in [-0.2, -0.15) is 0 Å². The fourth-order valence-electron chi connectivity index (χ4n) is 1.62. The summed E-state index contributed by atoms with van der Waals surface area (Å²) in [6.07, 6.45) is 1.45. The maximum Gasteiger partial charge on any atom is 0.165 e. The summed E-state index contributed by atoms with van der Waals surface area (Å²) in [4.78, 5) is 12.4. The minimum absolute atomic E-state index is 0.400. The van der Waals surface area contributed by atoms with Gasteiger partial charge in [-0.15, -0.1) is 0 Å². The number of imidazole rings is 1. The summed E-state index contributed by atoms with van der Waals surface area (Å²) in [6.45, 7) is 1.99. The number of ether oxygens (including phenoxy) is 1. The van der Waals surface area contributed by atoms with Crippen molar-refractivity contribution in [1.29, 1.82) is 0 Å². The third kappa shape index (κ3) is 1.03. The molecule has 0 radical (unpaired) electrons. The van der Waals surface area contributed by atoms with Gasteiger partial charge >= 0.3 is 0 Å². The van der Waals surface area contributed by atoms with Gasteiger partial charge in [0.05, 0.1) is 6.61 Å². The first kappa shape index (κ1) is 8.14. The lowest BCUT2D eigenvalue weighted by atomic mass is 10.5. The Hall–Kier alpha value is -1.20. The molecule has 0 spiro atoms. The summed E-state index contributed by atoms with van der Waals surface area (Å²) < 4.78 is 7.31. The highest BCUT2D eigenvalue weighted by Gasteiger charge is 2.17. The number of halogens is 1. The topological polar surface area (TPSA) is 52.8 Å². The molecule has 5 nitrogen and oxygen atoms in total. The Kier molecular flexibility index (Phi) is 1.68. The fraction of sp³-hybridized carbons (Fsp3) is 0.375. The van der Waals surface area contributed by atoms with Gasteiger partial charge in [-0.3, -0.25) is 0 Å². The van der Waals surface area contributed by atoms with Crippen molar-refractivity contribution in [3.05, 3.63) is 17.3 Å². The molecule has 0 amide bonds. The van der Waals surface area contributed by atoms with Crippen molar-refractivity contribution >= 4 is 22.8 Å². The van der Waals surface area contributed by atoms with E-state index in [2.05, 4.69) is 15.0 Å². The van der Waals surface area contributed by atoms with Crippen LogP contribution in [0.1, 0.15) is 5.82 Å².